The number of hydrogen-bond acceptors (Lipinski definition) is 3. The summed E-state index contributed by atoms with van der Waals surface area (Å²) >= 11 is 6.88. The van der Waals surface area contributed by atoms with Gasteiger partial charge in [-0.1, -0.05) is 80.4 Å². The molecule has 4 nitrogen and oxygen atoms in total. The van der Waals surface area contributed by atoms with Crippen LogP contribution in [0.3, 0.4) is 0 Å². The van der Waals surface area contributed by atoms with Crippen molar-refractivity contribution in [2.45, 2.75) is 26.4 Å². The lowest BCUT2D eigenvalue weighted by Crippen LogP contribution is -2.24. The Morgan fingerprint density at radius 2 is 1.09 bits per heavy atom. The van der Waals surface area contributed by atoms with Gasteiger partial charge in [-0.05, 0) is 66.6 Å². The van der Waals surface area contributed by atoms with Crippen molar-refractivity contribution in [3.8, 4) is 0 Å². The van der Waals surface area contributed by atoms with Crippen LogP contribution in [0.2, 0.25) is 0 Å². The second-order valence-electron chi connectivity index (χ2n) is 8.09. The molecule has 0 aromatic heterocycles. The van der Waals surface area contributed by atoms with Gasteiger partial charge in [0.15, 0.2) is 0 Å². The first kappa shape index (κ1) is 24.0. The number of fused-ring (bicyclic) bond motifs is 2. The van der Waals surface area contributed by atoms with E-state index in [-0.39, 0.29) is 5.97 Å². The molecule has 0 bridgehead atoms. The molecular formula is C26H22Br2O4. The van der Waals surface area contributed by atoms with E-state index in [1.165, 1.54) is 0 Å². The molecule has 1 N–H and O–H groups in total. The predicted molar refractivity (Wildman–Crippen MR) is 135 cm³/mol. The number of carboxylic acids is 1. The van der Waals surface area contributed by atoms with E-state index in [2.05, 4.69) is 31.9 Å². The van der Waals surface area contributed by atoms with Gasteiger partial charge in [0.2, 0.25) is 0 Å². The van der Waals surface area contributed by atoms with Crippen LogP contribution in [0.1, 0.15) is 41.5 Å². The average molecular weight is 558 g/mol. The van der Waals surface area contributed by atoms with Gasteiger partial charge < -0.3 is 9.84 Å². The van der Waals surface area contributed by atoms with E-state index in [9.17, 15) is 9.59 Å². The topological polar surface area (TPSA) is 63.6 Å². The first-order valence-electron chi connectivity index (χ1n) is 9.89. The Bertz CT molecular complexity index is 1310. The second kappa shape index (κ2) is 9.84. The van der Waals surface area contributed by atoms with Gasteiger partial charge in [-0.15, -0.1) is 0 Å². The molecule has 0 saturated heterocycles. The molecule has 0 spiro atoms. The zero-order valence-electron chi connectivity index (χ0n) is 17.9. The molecule has 0 aliphatic carbocycles. The van der Waals surface area contributed by atoms with Crippen molar-refractivity contribution < 1.29 is 19.4 Å². The third-order valence-electron chi connectivity index (χ3n) is 4.59. The molecule has 164 valence electrons. The van der Waals surface area contributed by atoms with Crippen LogP contribution in [0, 0.1) is 0 Å². The first-order chi connectivity index (χ1) is 15.1. The third kappa shape index (κ3) is 5.56. The molecule has 0 saturated carbocycles. The van der Waals surface area contributed by atoms with Gasteiger partial charge in [-0.25, -0.2) is 9.59 Å². The number of rotatable bonds is 2. The fraction of sp³-hybridized carbons (Fsp3) is 0.154. The number of esters is 1. The van der Waals surface area contributed by atoms with Crippen molar-refractivity contribution in [3.63, 3.8) is 0 Å². The molecule has 4 rings (SSSR count). The predicted octanol–water partition coefficient (Wildman–Crippen LogP) is 7.86. The molecule has 0 amide bonds. The maximum atomic E-state index is 12.1. The van der Waals surface area contributed by atoms with Crippen molar-refractivity contribution in [3.05, 3.63) is 92.9 Å². The number of halogens is 2. The van der Waals surface area contributed by atoms with Gasteiger partial charge in [-0.3, -0.25) is 0 Å². The first-order valence-corrected chi connectivity index (χ1v) is 11.5. The quantitative estimate of drug-likeness (QED) is 0.255. The van der Waals surface area contributed by atoms with Gasteiger partial charge in [0.1, 0.15) is 5.60 Å². The molecule has 0 heterocycles. The van der Waals surface area contributed by atoms with Crippen molar-refractivity contribution in [2.24, 2.45) is 0 Å². The summed E-state index contributed by atoms with van der Waals surface area (Å²) in [6.45, 7) is 5.60. The van der Waals surface area contributed by atoms with Crippen LogP contribution in [0.25, 0.3) is 21.5 Å². The molecule has 0 atom stereocenters. The van der Waals surface area contributed by atoms with Crippen molar-refractivity contribution >= 4 is 65.3 Å². The van der Waals surface area contributed by atoms with Crippen molar-refractivity contribution in [2.75, 3.05) is 0 Å². The SMILES string of the molecule is CC(C)(C)OC(=O)c1cccc2c(Br)cccc12.O=C(O)c1cccc2c(Br)cccc12. The van der Waals surface area contributed by atoms with E-state index < -0.39 is 11.6 Å². The van der Waals surface area contributed by atoms with E-state index in [1.54, 1.807) is 18.2 Å². The zero-order chi connectivity index (χ0) is 23.5. The van der Waals surface area contributed by atoms with Crippen LogP contribution >= 0.6 is 31.9 Å². The number of aromatic carboxylic acids is 1. The summed E-state index contributed by atoms with van der Waals surface area (Å²) in [4.78, 5) is 23.1. The molecule has 0 fully saturated rings. The summed E-state index contributed by atoms with van der Waals surface area (Å²) in [6.07, 6.45) is 0. The van der Waals surface area contributed by atoms with Crippen LogP contribution in [0.4, 0.5) is 0 Å². The standard InChI is InChI=1S/C15H15BrO2.C11H7BrO2/c1-15(2,3)18-14(17)12-8-4-7-11-10(12)6-5-9-13(11)16;12-10-6-2-3-7-8(10)4-1-5-9(7)11(13)14/h4-9H,1-3H3;1-6H,(H,13,14). The summed E-state index contributed by atoms with van der Waals surface area (Å²) in [7, 11) is 0. The van der Waals surface area contributed by atoms with Gasteiger partial charge >= 0.3 is 11.9 Å². The van der Waals surface area contributed by atoms with Gasteiger partial charge in [-0.2, -0.15) is 0 Å². The van der Waals surface area contributed by atoms with Gasteiger partial charge in [0.25, 0.3) is 0 Å². The van der Waals surface area contributed by atoms with Crippen LogP contribution < -0.4 is 0 Å². The molecular weight excluding hydrogens is 536 g/mol. The molecule has 6 heteroatoms. The fourth-order valence-electron chi connectivity index (χ4n) is 3.24. The number of hydrogen-bond donors (Lipinski definition) is 1. The second-order valence-corrected chi connectivity index (χ2v) is 9.80. The minimum absolute atomic E-state index is 0.286. The van der Waals surface area contributed by atoms with E-state index in [1.807, 2.05) is 75.4 Å². The van der Waals surface area contributed by atoms with E-state index in [0.717, 1.165) is 30.5 Å². The highest BCUT2D eigenvalue weighted by atomic mass is 79.9. The molecule has 0 aliphatic heterocycles. The Labute approximate surface area is 203 Å². The minimum atomic E-state index is -0.895. The monoisotopic (exact) mass is 556 g/mol. The van der Waals surface area contributed by atoms with Crippen LogP contribution in [0.5, 0.6) is 0 Å². The molecule has 4 aromatic carbocycles. The Morgan fingerprint density at radius 3 is 1.56 bits per heavy atom. The summed E-state index contributed by atoms with van der Waals surface area (Å²) in [5.74, 6) is -1.18. The summed E-state index contributed by atoms with van der Waals surface area (Å²) < 4.78 is 7.31. The summed E-state index contributed by atoms with van der Waals surface area (Å²) in [5, 5.41) is 12.6. The Balaban J connectivity index is 0.000000186. The average Bonchev–Trinajstić information content (AvgIpc) is 2.73. The van der Waals surface area contributed by atoms with Crippen LogP contribution in [0.15, 0.2) is 81.7 Å². The maximum absolute atomic E-state index is 12.1. The third-order valence-corrected chi connectivity index (χ3v) is 5.97. The zero-order valence-corrected chi connectivity index (χ0v) is 21.0. The number of ether oxygens (including phenoxy) is 1. The lowest BCUT2D eigenvalue weighted by atomic mass is 10.0. The van der Waals surface area contributed by atoms with Crippen molar-refractivity contribution in [1.82, 2.24) is 0 Å². The molecule has 4 aromatic rings. The van der Waals surface area contributed by atoms with Crippen molar-refractivity contribution in [1.29, 1.82) is 0 Å². The number of benzene rings is 4. The smallest absolute Gasteiger partial charge is 0.339 e. The normalized spacial score (nSPS) is 11.0. The van der Waals surface area contributed by atoms with Gasteiger partial charge in [0, 0.05) is 8.95 Å². The Kier molecular flexibility index (Phi) is 7.36. The Morgan fingerprint density at radius 1 is 0.688 bits per heavy atom. The molecule has 0 unspecified atom stereocenters. The highest BCUT2D eigenvalue weighted by molar-refractivity contribution is 9.11. The van der Waals surface area contributed by atoms with Gasteiger partial charge in [0.05, 0.1) is 11.1 Å². The number of carboxylic acid groups (broad SMARTS) is 1. The highest BCUT2D eigenvalue weighted by Crippen LogP contribution is 2.28. The minimum Gasteiger partial charge on any atom is -0.478 e. The van der Waals surface area contributed by atoms with Crippen LogP contribution in [-0.2, 0) is 4.74 Å². The maximum Gasteiger partial charge on any atom is 0.339 e. The molecule has 0 aliphatic rings. The lowest BCUT2D eigenvalue weighted by molar-refractivity contribution is 0.00716. The largest absolute Gasteiger partial charge is 0.478 e. The summed E-state index contributed by atoms with van der Waals surface area (Å²) in [6, 6.07) is 22.2. The van der Waals surface area contributed by atoms with E-state index in [0.29, 0.717) is 11.1 Å². The number of carbonyl (C=O) groups excluding carboxylic acids is 1. The van der Waals surface area contributed by atoms with E-state index >= 15 is 0 Å². The van der Waals surface area contributed by atoms with E-state index in [4.69, 9.17) is 9.84 Å². The fourth-order valence-corrected chi connectivity index (χ4v) is 4.24. The summed E-state index contributed by atoms with van der Waals surface area (Å²) in [5.41, 5.74) is 0.457. The number of carbonyl (C=O) groups is 2. The lowest BCUT2D eigenvalue weighted by Gasteiger charge is -2.20. The Hall–Kier alpha value is -2.70. The molecule has 0 radical (unpaired) electrons. The molecule has 32 heavy (non-hydrogen) atoms. The highest BCUT2D eigenvalue weighted by Gasteiger charge is 2.19. The van der Waals surface area contributed by atoms with Crippen LogP contribution in [-0.4, -0.2) is 22.6 Å².